The molecule has 3 heteroatoms. The summed E-state index contributed by atoms with van der Waals surface area (Å²) in [4.78, 5) is 15.6. The van der Waals surface area contributed by atoms with Gasteiger partial charge in [-0.15, -0.1) is 0 Å². The van der Waals surface area contributed by atoms with E-state index in [1.54, 1.807) is 0 Å². The van der Waals surface area contributed by atoms with Crippen molar-refractivity contribution in [2.24, 2.45) is 5.92 Å². The van der Waals surface area contributed by atoms with Crippen molar-refractivity contribution in [1.29, 1.82) is 0 Å². The van der Waals surface area contributed by atoms with E-state index in [9.17, 15) is 4.79 Å². The Bertz CT molecular complexity index is 757. The van der Waals surface area contributed by atoms with Crippen LogP contribution in [-0.4, -0.2) is 36.0 Å². The third-order valence-corrected chi connectivity index (χ3v) is 5.67. The van der Waals surface area contributed by atoms with Crippen LogP contribution in [0.4, 0.5) is 0 Å². The number of carbonyl (C=O) groups excluding carboxylic acids is 1. The van der Waals surface area contributed by atoms with Gasteiger partial charge in [-0.3, -0.25) is 9.69 Å². The van der Waals surface area contributed by atoms with Crippen molar-refractivity contribution in [3.8, 4) is 0 Å². The lowest BCUT2D eigenvalue weighted by molar-refractivity contribution is -0.128. The van der Waals surface area contributed by atoms with Crippen LogP contribution in [0.2, 0.25) is 0 Å². The highest BCUT2D eigenvalue weighted by Crippen LogP contribution is 2.35. The van der Waals surface area contributed by atoms with E-state index in [0.29, 0.717) is 30.9 Å². The fourth-order valence-electron chi connectivity index (χ4n) is 4.28. The molecule has 2 atom stereocenters. The molecule has 0 amide bonds. The second-order valence-corrected chi connectivity index (χ2v) is 7.38. The van der Waals surface area contributed by atoms with Crippen molar-refractivity contribution in [2.75, 3.05) is 13.2 Å². The Kier molecular flexibility index (Phi) is 5.00. The first kappa shape index (κ1) is 17.2. The van der Waals surface area contributed by atoms with E-state index in [1.807, 2.05) is 36.4 Å². The zero-order valence-corrected chi connectivity index (χ0v) is 15.0. The minimum Gasteiger partial charge on any atom is -0.378 e. The number of nitrogens with zero attached hydrogens (tertiary/aromatic N) is 1. The second-order valence-electron chi connectivity index (χ2n) is 7.38. The number of ketones is 1. The first-order valence-corrected chi connectivity index (χ1v) is 9.38. The SMILES string of the molecule is C=C(C(=O)C1CC2COCC(C1)N2Cc1ccccc1)c1ccccc1. The highest BCUT2D eigenvalue weighted by atomic mass is 16.5. The number of hydrogen-bond acceptors (Lipinski definition) is 3. The highest BCUT2D eigenvalue weighted by Gasteiger charge is 2.41. The molecule has 0 N–H and O–H groups in total. The van der Waals surface area contributed by atoms with Gasteiger partial charge in [0.15, 0.2) is 5.78 Å². The Morgan fingerprint density at radius 1 is 0.962 bits per heavy atom. The molecule has 26 heavy (non-hydrogen) atoms. The van der Waals surface area contributed by atoms with Crippen molar-refractivity contribution in [3.05, 3.63) is 78.4 Å². The molecule has 0 aliphatic carbocycles. The molecule has 0 spiro atoms. The molecule has 134 valence electrons. The summed E-state index contributed by atoms with van der Waals surface area (Å²) < 4.78 is 5.80. The lowest BCUT2D eigenvalue weighted by Gasteiger charge is -2.48. The van der Waals surface area contributed by atoms with Crippen molar-refractivity contribution >= 4 is 11.4 Å². The third-order valence-electron chi connectivity index (χ3n) is 5.67. The van der Waals surface area contributed by atoms with Crippen LogP contribution >= 0.6 is 0 Å². The van der Waals surface area contributed by atoms with E-state index in [-0.39, 0.29) is 11.7 Å². The molecule has 3 nitrogen and oxygen atoms in total. The molecule has 0 aromatic heterocycles. The van der Waals surface area contributed by atoms with Crippen molar-refractivity contribution in [2.45, 2.75) is 31.5 Å². The molecular weight excluding hydrogens is 322 g/mol. The maximum Gasteiger partial charge on any atom is 0.166 e. The van der Waals surface area contributed by atoms with Gasteiger partial charge in [-0.25, -0.2) is 0 Å². The molecule has 0 saturated carbocycles. The number of morpholine rings is 1. The van der Waals surface area contributed by atoms with Gasteiger partial charge in [0.05, 0.1) is 13.2 Å². The molecule has 2 bridgehead atoms. The van der Waals surface area contributed by atoms with Gasteiger partial charge >= 0.3 is 0 Å². The second kappa shape index (κ2) is 7.56. The average molecular weight is 347 g/mol. The van der Waals surface area contributed by atoms with Gasteiger partial charge in [0.1, 0.15) is 0 Å². The molecule has 4 rings (SSSR count). The Morgan fingerprint density at radius 3 is 2.15 bits per heavy atom. The van der Waals surface area contributed by atoms with Gasteiger partial charge in [-0.1, -0.05) is 67.2 Å². The van der Waals surface area contributed by atoms with E-state index < -0.39 is 0 Å². The van der Waals surface area contributed by atoms with E-state index in [2.05, 4.69) is 35.7 Å². The van der Waals surface area contributed by atoms with Crippen molar-refractivity contribution in [3.63, 3.8) is 0 Å². The minimum absolute atomic E-state index is 0.0497. The quantitative estimate of drug-likeness (QED) is 0.767. The molecular formula is C23H25NO2. The molecule has 2 saturated heterocycles. The minimum atomic E-state index is 0.0497. The normalized spacial score (nSPS) is 25.6. The van der Waals surface area contributed by atoms with Gasteiger partial charge in [0, 0.05) is 30.1 Å². The summed E-state index contributed by atoms with van der Waals surface area (Å²) in [5, 5.41) is 0. The maximum atomic E-state index is 13.0. The summed E-state index contributed by atoms with van der Waals surface area (Å²) in [6.07, 6.45) is 1.71. The standard InChI is InChI=1S/C23H25NO2/c1-17(19-10-6-3-7-11-19)23(25)20-12-21-15-26-16-22(13-20)24(21)14-18-8-4-2-5-9-18/h2-11,20-22H,1,12-16H2. The maximum absolute atomic E-state index is 13.0. The van der Waals surface area contributed by atoms with E-state index in [1.165, 1.54) is 5.56 Å². The van der Waals surface area contributed by atoms with Crippen LogP contribution in [0.25, 0.3) is 5.57 Å². The zero-order valence-electron chi connectivity index (χ0n) is 15.0. The summed E-state index contributed by atoms with van der Waals surface area (Å²) >= 11 is 0. The molecule has 2 aromatic carbocycles. The van der Waals surface area contributed by atoms with Gasteiger partial charge in [-0.05, 0) is 24.0 Å². The summed E-state index contributed by atoms with van der Waals surface area (Å²) in [5.74, 6) is 0.251. The number of allylic oxidation sites excluding steroid dienone is 1. The topological polar surface area (TPSA) is 29.5 Å². The molecule has 2 aromatic rings. The van der Waals surface area contributed by atoms with E-state index >= 15 is 0 Å². The Morgan fingerprint density at radius 2 is 1.54 bits per heavy atom. The number of benzene rings is 2. The Balaban J connectivity index is 1.47. The number of carbonyl (C=O) groups is 1. The van der Waals surface area contributed by atoms with Crippen LogP contribution in [0.3, 0.4) is 0 Å². The summed E-state index contributed by atoms with van der Waals surface area (Å²) in [6.45, 7) is 6.44. The smallest absolute Gasteiger partial charge is 0.166 e. The van der Waals surface area contributed by atoms with Gasteiger partial charge < -0.3 is 4.74 Å². The predicted molar refractivity (Wildman–Crippen MR) is 104 cm³/mol. The lowest BCUT2D eigenvalue weighted by Crippen LogP contribution is -2.57. The number of Topliss-reactive ketones (excluding diaryl/α,β-unsaturated/α-hetero) is 1. The average Bonchev–Trinajstić information content (AvgIpc) is 2.68. The van der Waals surface area contributed by atoms with Crippen LogP contribution in [-0.2, 0) is 16.1 Å². The molecule has 2 aliphatic rings. The lowest BCUT2D eigenvalue weighted by atomic mass is 9.79. The van der Waals surface area contributed by atoms with Gasteiger partial charge in [0.25, 0.3) is 0 Å². The van der Waals surface area contributed by atoms with E-state index in [4.69, 9.17) is 4.74 Å². The number of rotatable bonds is 5. The van der Waals surface area contributed by atoms with Crippen molar-refractivity contribution < 1.29 is 9.53 Å². The Labute approximate surface area is 155 Å². The molecule has 2 aliphatic heterocycles. The van der Waals surface area contributed by atoms with Crippen LogP contribution in [0.5, 0.6) is 0 Å². The fourth-order valence-corrected chi connectivity index (χ4v) is 4.28. The van der Waals surface area contributed by atoms with Crippen LogP contribution in [0.1, 0.15) is 24.0 Å². The summed E-state index contributed by atoms with van der Waals surface area (Å²) in [5.41, 5.74) is 2.90. The van der Waals surface area contributed by atoms with Crippen LogP contribution in [0.15, 0.2) is 67.2 Å². The highest BCUT2D eigenvalue weighted by molar-refractivity contribution is 6.21. The van der Waals surface area contributed by atoms with Crippen molar-refractivity contribution in [1.82, 2.24) is 4.90 Å². The molecule has 2 fully saturated rings. The first-order valence-electron chi connectivity index (χ1n) is 9.38. The van der Waals surface area contributed by atoms with Gasteiger partial charge in [-0.2, -0.15) is 0 Å². The number of hydrogen-bond donors (Lipinski definition) is 0. The van der Waals surface area contributed by atoms with Crippen LogP contribution < -0.4 is 0 Å². The number of piperidine rings is 1. The summed E-state index contributed by atoms with van der Waals surface area (Å²) in [6, 6.07) is 21.0. The zero-order chi connectivity index (χ0) is 17.9. The molecule has 0 radical (unpaired) electrons. The largest absolute Gasteiger partial charge is 0.378 e. The monoisotopic (exact) mass is 347 g/mol. The first-order chi connectivity index (χ1) is 12.7. The Hall–Kier alpha value is -2.23. The number of ether oxygens (including phenoxy) is 1. The van der Waals surface area contributed by atoms with E-state index in [0.717, 1.165) is 24.9 Å². The van der Waals surface area contributed by atoms with Crippen LogP contribution in [0, 0.1) is 5.92 Å². The van der Waals surface area contributed by atoms with Gasteiger partial charge in [0.2, 0.25) is 0 Å². The molecule has 2 unspecified atom stereocenters. The summed E-state index contributed by atoms with van der Waals surface area (Å²) in [7, 11) is 0. The number of fused-ring (bicyclic) bond motifs is 2. The third kappa shape index (κ3) is 3.50. The fraction of sp³-hybridized carbons (Fsp3) is 0.348. The predicted octanol–water partition coefficient (Wildman–Crippen LogP) is 3.95. The molecule has 2 heterocycles.